The van der Waals surface area contributed by atoms with Crippen molar-refractivity contribution in [3.05, 3.63) is 85.1 Å². The highest BCUT2D eigenvalue weighted by atomic mass is 35.5. The standard InChI is InChI=1S/C19H13Cl2N3O4/c20-13-4-5-15(27-9-8-24-17(25)6-7-23-19(24)26)16(10-13)28-18-12(11-22)2-1-3-14(18)21/h1-7,10H,8-9H2,(H,23,26). The topological polar surface area (TPSA) is 97.1 Å². The van der Waals surface area contributed by atoms with Gasteiger partial charge in [0.1, 0.15) is 12.7 Å². The number of nitrogens with zero attached hydrogens (tertiary/aromatic N) is 2. The number of ether oxygens (including phenoxy) is 2. The van der Waals surface area contributed by atoms with Crippen LogP contribution in [-0.4, -0.2) is 16.2 Å². The third-order valence-corrected chi connectivity index (χ3v) is 4.25. The van der Waals surface area contributed by atoms with Gasteiger partial charge >= 0.3 is 5.69 Å². The Balaban J connectivity index is 1.83. The van der Waals surface area contributed by atoms with Gasteiger partial charge in [-0.05, 0) is 24.3 Å². The Morgan fingerprint density at radius 3 is 2.68 bits per heavy atom. The molecular formula is C19H13Cl2N3O4. The first kappa shape index (κ1) is 19.5. The fourth-order valence-corrected chi connectivity index (χ4v) is 2.78. The van der Waals surface area contributed by atoms with Crippen LogP contribution in [0.1, 0.15) is 5.56 Å². The number of halogens is 2. The van der Waals surface area contributed by atoms with Gasteiger partial charge < -0.3 is 14.5 Å². The molecule has 0 aliphatic carbocycles. The highest BCUT2D eigenvalue weighted by molar-refractivity contribution is 6.32. The molecule has 28 heavy (non-hydrogen) atoms. The van der Waals surface area contributed by atoms with Crippen molar-refractivity contribution in [1.82, 2.24) is 9.55 Å². The summed E-state index contributed by atoms with van der Waals surface area (Å²) in [7, 11) is 0. The maximum Gasteiger partial charge on any atom is 0.328 e. The number of rotatable bonds is 6. The average Bonchev–Trinajstić information content (AvgIpc) is 2.67. The SMILES string of the molecule is N#Cc1cccc(Cl)c1Oc1cc(Cl)ccc1OCCn1c(=O)cc[nH]c1=O. The van der Waals surface area contributed by atoms with E-state index in [2.05, 4.69) is 4.98 Å². The van der Waals surface area contributed by atoms with Crippen LogP contribution in [-0.2, 0) is 6.54 Å². The largest absolute Gasteiger partial charge is 0.488 e. The van der Waals surface area contributed by atoms with Crippen LogP contribution in [0.2, 0.25) is 10.0 Å². The van der Waals surface area contributed by atoms with Crippen molar-refractivity contribution in [1.29, 1.82) is 5.26 Å². The monoisotopic (exact) mass is 417 g/mol. The molecule has 0 saturated carbocycles. The van der Waals surface area contributed by atoms with Gasteiger partial charge in [0.05, 0.1) is 17.1 Å². The Morgan fingerprint density at radius 2 is 1.93 bits per heavy atom. The summed E-state index contributed by atoms with van der Waals surface area (Å²) in [5, 5.41) is 9.90. The van der Waals surface area contributed by atoms with E-state index in [9.17, 15) is 14.9 Å². The van der Waals surface area contributed by atoms with Crippen LogP contribution in [0, 0.1) is 11.3 Å². The van der Waals surface area contributed by atoms with E-state index in [0.29, 0.717) is 10.8 Å². The molecule has 1 aromatic heterocycles. The molecule has 7 nitrogen and oxygen atoms in total. The highest BCUT2D eigenvalue weighted by Gasteiger charge is 2.14. The van der Waals surface area contributed by atoms with Crippen LogP contribution in [0.5, 0.6) is 17.2 Å². The molecule has 3 aromatic rings. The number of aromatic nitrogens is 2. The lowest BCUT2D eigenvalue weighted by molar-refractivity contribution is 0.281. The molecule has 142 valence electrons. The molecule has 0 radical (unpaired) electrons. The average molecular weight is 418 g/mol. The van der Waals surface area contributed by atoms with Crippen LogP contribution < -0.4 is 20.7 Å². The first-order valence-corrected chi connectivity index (χ1v) is 8.82. The number of hydrogen-bond acceptors (Lipinski definition) is 5. The molecule has 2 aromatic carbocycles. The van der Waals surface area contributed by atoms with Crippen molar-refractivity contribution in [3.63, 3.8) is 0 Å². The van der Waals surface area contributed by atoms with Crippen molar-refractivity contribution in [3.8, 4) is 23.3 Å². The van der Waals surface area contributed by atoms with Gasteiger partial charge in [-0.3, -0.25) is 9.36 Å². The highest BCUT2D eigenvalue weighted by Crippen LogP contribution is 2.38. The van der Waals surface area contributed by atoms with Crippen molar-refractivity contribution in [2.75, 3.05) is 6.61 Å². The zero-order valence-electron chi connectivity index (χ0n) is 14.3. The molecule has 0 unspecified atom stereocenters. The summed E-state index contributed by atoms with van der Waals surface area (Å²) in [6.07, 6.45) is 1.28. The van der Waals surface area contributed by atoms with Gasteiger partial charge in [0.15, 0.2) is 17.2 Å². The lowest BCUT2D eigenvalue weighted by atomic mass is 10.2. The van der Waals surface area contributed by atoms with Crippen LogP contribution in [0.25, 0.3) is 0 Å². The van der Waals surface area contributed by atoms with E-state index in [4.69, 9.17) is 32.7 Å². The van der Waals surface area contributed by atoms with E-state index < -0.39 is 11.2 Å². The first-order valence-electron chi connectivity index (χ1n) is 8.07. The molecule has 0 amide bonds. The minimum Gasteiger partial charge on any atom is -0.488 e. The number of hydrogen-bond donors (Lipinski definition) is 1. The molecule has 0 spiro atoms. The molecule has 0 fully saturated rings. The Hall–Kier alpha value is -3.21. The summed E-state index contributed by atoms with van der Waals surface area (Å²) < 4.78 is 12.5. The van der Waals surface area contributed by atoms with E-state index in [1.807, 2.05) is 6.07 Å². The summed E-state index contributed by atoms with van der Waals surface area (Å²) in [6.45, 7) is 0.0607. The van der Waals surface area contributed by atoms with Gasteiger partial charge in [-0.25, -0.2) is 4.79 Å². The summed E-state index contributed by atoms with van der Waals surface area (Å²) >= 11 is 12.2. The molecule has 0 bridgehead atoms. The first-order chi connectivity index (χ1) is 13.5. The number of nitrogens with one attached hydrogen (secondary N) is 1. The Bertz CT molecular complexity index is 1140. The predicted molar refractivity (Wildman–Crippen MR) is 105 cm³/mol. The fraction of sp³-hybridized carbons (Fsp3) is 0.105. The molecule has 1 heterocycles. The van der Waals surface area contributed by atoms with Crippen molar-refractivity contribution in [2.24, 2.45) is 0 Å². The van der Waals surface area contributed by atoms with Gasteiger partial charge in [-0.2, -0.15) is 5.26 Å². The quantitative estimate of drug-likeness (QED) is 0.660. The van der Waals surface area contributed by atoms with Gasteiger partial charge in [0, 0.05) is 23.4 Å². The zero-order chi connectivity index (χ0) is 20.1. The van der Waals surface area contributed by atoms with Gasteiger partial charge in [0.2, 0.25) is 0 Å². The van der Waals surface area contributed by atoms with Crippen molar-refractivity contribution < 1.29 is 9.47 Å². The van der Waals surface area contributed by atoms with Crippen LogP contribution >= 0.6 is 23.2 Å². The van der Waals surface area contributed by atoms with Crippen LogP contribution in [0.3, 0.4) is 0 Å². The Labute approximate surface area is 169 Å². The lowest BCUT2D eigenvalue weighted by Crippen LogP contribution is -2.35. The Kier molecular flexibility index (Phi) is 6.04. The maximum absolute atomic E-state index is 11.7. The smallest absolute Gasteiger partial charge is 0.328 e. The summed E-state index contributed by atoms with van der Waals surface area (Å²) in [4.78, 5) is 25.9. The predicted octanol–water partition coefficient (Wildman–Crippen LogP) is 3.59. The van der Waals surface area contributed by atoms with Gasteiger partial charge in [-0.15, -0.1) is 0 Å². The van der Waals surface area contributed by atoms with Crippen molar-refractivity contribution in [2.45, 2.75) is 6.54 Å². The van der Waals surface area contributed by atoms with E-state index in [0.717, 1.165) is 4.57 Å². The van der Waals surface area contributed by atoms with Crippen LogP contribution in [0.4, 0.5) is 0 Å². The number of para-hydroxylation sites is 1. The third kappa shape index (κ3) is 4.36. The van der Waals surface area contributed by atoms with Gasteiger partial charge in [-0.1, -0.05) is 29.3 Å². The second-order valence-corrected chi connectivity index (χ2v) is 6.39. The number of aromatic amines is 1. The fourth-order valence-electron chi connectivity index (χ4n) is 2.40. The molecule has 9 heteroatoms. The normalized spacial score (nSPS) is 10.3. The summed E-state index contributed by atoms with van der Waals surface area (Å²) in [5.41, 5.74) is -0.714. The minimum atomic E-state index is -0.529. The van der Waals surface area contributed by atoms with E-state index in [-0.39, 0.29) is 35.2 Å². The molecule has 1 N–H and O–H groups in total. The van der Waals surface area contributed by atoms with Crippen molar-refractivity contribution >= 4 is 23.2 Å². The molecule has 0 atom stereocenters. The molecule has 0 aliphatic heterocycles. The van der Waals surface area contributed by atoms with E-state index >= 15 is 0 Å². The van der Waals surface area contributed by atoms with E-state index in [1.54, 1.807) is 30.3 Å². The lowest BCUT2D eigenvalue weighted by Gasteiger charge is -2.14. The number of benzene rings is 2. The van der Waals surface area contributed by atoms with E-state index in [1.165, 1.54) is 18.3 Å². The maximum atomic E-state index is 11.7. The summed E-state index contributed by atoms with van der Waals surface area (Å²) in [6, 6.07) is 12.8. The minimum absolute atomic E-state index is 0.0264. The third-order valence-electron chi connectivity index (χ3n) is 3.72. The number of H-pyrrole nitrogens is 1. The van der Waals surface area contributed by atoms with Gasteiger partial charge in [0.25, 0.3) is 5.56 Å². The molecule has 0 saturated heterocycles. The zero-order valence-corrected chi connectivity index (χ0v) is 15.8. The number of nitriles is 1. The molecule has 3 rings (SSSR count). The Morgan fingerprint density at radius 1 is 1.11 bits per heavy atom. The second-order valence-electron chi connectivity index (χ2n) is 5.54. The van der Waals surface area contributed by atoms with Crippen LogP contribution in [0.15, 0.2) is 58.3 Å². The molecular weight excluding hydrogens is 405 g/mol. The molecule has 0 aliphatic rings. The summed E-state index contributed by atoms with van der Waals surface area (Å²) in [5.74, 6) is 0.731. The second kappa shape index (κ2) is 8.65.